The summed E-state index contributed by atoms with van der Waals surface area (Å²) in [6.45, 7) is 3.75. The summed E-state index contributed by atoms with van der Waals surface area (Å²) in [6, 6.07) is 5.22. The van der Waals surface area contributed by atoms with Crippen molar-refractivity contribution >= 4 is 27.6 Å². The van der Waals surface area contributed by atoms with Crippen LogP contribution in [-0.4, -0.2) is 45.0 Å². The van der Waals surface area contributed by atoms with Crippen LogP contribution in [-0.2, 0) is 14.8 Å². The van der Waals surface area contributed by atoms with E-state index in [4.69, 9.17) is 0 Å². The molecule has 2 heterocycles. The first kappa shape index (κ1) is 19.7. The summed E-state index contributed by atoms with van der Waals surface area (Å²) < 4.78 is 29.0. The van der Waals surface area contributed by atoms with Crippen LogP contribution >= 0.6 is 0 Å². The lowest BCUT2D eigenvalue weighted by Gasteiger charge is -2.29. The van der Waals surface area contributed by atoms with E-state index in [1.165, 1.54) is 24.3 Å². The molecule has 148 valence electrons. The maximum Gasteiger partial charge on any atom is 0.289 e. The zero-order valence-corrected chi connectivity index (χ0v) is 16.2. The van der Waals surface area contributed by atoms with E-state index in [0.29, 0.717) is 5.69 Å². The monoisotopic (exact) mass is 405 g/mol. The topological polar surface area (TPSA) is 128 Å². The van der Waals surface area contributed by atoms with Gasteiger partial charge in [-0.15, -0.1) is 5.10 Å². The number of piperidine rings is 1. The van der Waals surface area contributed by atoms with Crippen LogP contribution in [0.25, 0.3) is 6.08 Å². The van der Waals surface area contributed by atoms with Crippen LogP contribution in [0.4, 0.5) is 5.69 Å². The van der Waals surface area contributed by atoms with Crippen molar-refractivity contribution in [2.75, 3.05) is 6.54 Å². The smallest absolute Gasteiger partial charge is 0.289 e. The van der Waals surface area contributed by atoms with Crippen LogP contribution in [0.2, 0.25) is 0 Å². The van der Waals surface area contributed by atoms with E-state index in [2.05, 4.69) is 10.3 Å². The molecule has 0 amide bonds. The fraction of sp³-hybridized carbons (Fsp3) is 0.353. The molecule has 0 N–H and O–H groups in total. The highest BCUT2D eigenvalue weighted by Crippen LogP contribution is 2.32. The van der Waals surface area contributed by atoms with Crippen LogP contribution in [0.1, 0.15) is 38.4 Å². The van der Waals surface area contributed by atoms with Crippen molar-refractivity contribution in [1.82, 2.24) is 19.3 Å². The first-order chi connectivity index (χ1) is 13.2. The van der Waals surface area contributed by atoms with Gasteiger partial charge in [-0.05, 0) is 26.0 Å². The Morgan fingerprint density at radius 3 is 2.64 bits per heavy atom. The van der Waals surface area contributed by atoms with Crippen molar-refractivity contribution in [3.05, 3.63) is 52.0 Å². The molecule has 0 atom stereocenters. The van der Waals surface area contributed by atoms with Gasteiger partial charge in [0, 0.05) is 37.2 Å². The molecule has 0 bridgehead atoms. The van der Waals surface area contributed by atoms with Gasteiger partial charge < -0.3 is 0 Å². The molecule has 1 saturated heterocycles. The fourth-order valence-electron chi connectivity index (χ4n) is 2.87. The molecule has 1 fully saturated rings. The van der Waals surface area contributed by atoms with Crippen LogP contribution in [0.5, 0.6) is 0 Å². The molecule has 1 aliphatic heterocycles. The molecule has 2 aromatic rings. The quantitative estimate of drug-likeness (QED) is 0.550. The third kappa shape index (κ3) is 3.79. The zero-order chi connectivity index (χ0) is 20.5. The number of aromatic nitrogens is 3. The molecule has 0 saturated carbocycles. The molecule has 0 radical (unpaired) electrons. The number of carbonyl (C=O) groups excluding carboxylic acids is 1. The number of benzene rings is 1. The average molecular weight is 405 g/mol. The number of sulfonamides is 1. The van der Waals surface area contributed by atoms with Crippen molar-refractivity contribution in [1.29, 1.82) is 0 Å². The maximum absolute atomic E-state index is 13.2. The van der Waals surface area contributed by atoms with Gasteiger partial charge in [-0.1, -0.05) is 17.3 Å². The fourth-order valence-corrected chi connectivity index (χ4v) is 4.52. The lowest BCUT2D eigenvalue weighted by Crippen LogP contribution is -2.37. The number of hydrogen-bond donors (Lipinski definition) is 0. The predicted molar refractivity (Wildman–Crippen MR) is 99.6 cm³/mol. The second-order valence-electron chi connectivity index (χ2n) is 6.62. The number of para-hydroxylation sites is 1. The second kappa shape index (κ2) is 7.50. The Morgan fingerprint density at radius 1 is 1.29 bits per heavy atom. The number of nitro benzene ring substituents is 1. The summed E-state index contributed by atoms with van der Waals surface area (Å²) in [6.07, 6.45) is 3.06. The van der Waals surface area contributed by atoms with E-state index in [9.17, 15) is 23.3 Å². The normalized spacial score (nSPS) is 16.8. The second-order valence-corrected chi connectivity index (χ2v) is 8.45. The minimum atomic E-state index is -4.22. The third-order valence-corrected chi connectivity index (χ3v) is 6.19. The van der Waals surface area contributed by atoms with Crippen molar-refractivity contribution in [2.45, 2.75) is 37.6 Å². The highest BCUT2D eigenvalue weighted by molar-refractivity contribution is 7.89. The van der Waals surface area contributed by atoms with Gasteiger partial charge in [0.2, 0.25) is 0 Å². The standard InChI is InChI=1S/C17H19N5O5S/c1-12(2)20-11-13(18-19-20)9-14-10-15(23)7-8-21(14)28(26,27)17-6-4-3-5-16(17)22(24)25/h3-6,9,11-12H,7-8,10H2,1-2H3. The van der Waals surface area contributed by atoms with Crippen molar-refractivity contribution in [3.8, 4) is 0 Å². The molecule has 10 nitrogen and oxygen atoms in total. The van der Waals surface area contributed by atoms with Crippen LogP contribution < -0.4 is 0 Å². The number of hydrogen-bond acceptors (Lipinski definition) is 7. The first-order valence-electron chi connectivity index (χ1n) is 8.60. The lowest BCUT2D eigenvalue weighted by atomic mass is 10.1. The van der Waals surface area contributed by atoms with Crippen LogP contribution in [0.3, 0.4) is 0 Å². The highest BCUT2D eigenvalue weighted by atomic mass is 32.2. The summed E-state index contributed by atoms with van der Waals surface area (Å²) in [5.41, 5.74) is 0.107. The Balaban J connectivity index is 2.06. The van der Waals surface area contributed by atoms with Gasteiger partial charge in [-0.2, -0.15) is 0 Å². The van der Waals surface area contributed by atoms with Crippen LogP contribution in [0.15, 0.2) is 41.1 Å². The number of Topliss-reactive ketones (excluding diaryl/α,β-unsaturated/α-hetero) is 1. The van der Waals surface area contributed by atoms with E-state index in [1.807, 2.05) is 13.8 Å². The van der Waals surface area contributed by atoms with E-state index >= 15 is 0 Å². The highest BCUT2D eigenvalue weighted by Gasteiger charge is 2.35. The summed E-state index contributed by atoms with van der Waals surface area (Å²) >= 11 is 0. The van der Waals surface area contributed by atoms with Gasteiger partial charge in [0.25, 0.3) is 15.7 Å². The Kier molecular flexibility index (Phi) is 5.27. The van der Waals surface area contributed by atoms with Gasteiger partial charge >= 0.3 is 0 Å². The summed E-state index contributed by atoms with van der Waals surface area (Å²) in [5, 5.41) is 19.2. The van der Waals surface area contributed by atoms with Crippen molar-refractivity contribution in [3.63, 3.8) is 0 Å². The first-order valence-corrected chi connectivity index (χ1v) is 10.0. The molecule has 3 rings (SSSR count). The molecular weight excluding hydrogens is 386 g/mol. The zero-order valence-electron chi connectivity index (χ0n) is 15.3. The molecule has 1 aliphatic rings. The minimum absolute atomic E-state index is 0.0376. The minimum Gasteiger partial charge on any atom is -0.299 e. The van der Waals surface area contributed by atoms with Crippen molar-refractivity contribution in [2.24, 2.45) is 0 Å². The van der Waals surface area contributed by atoms with Gasteiger partial charge in [-0.3, -0.25) is 19.2 Å². The number of rotatable bonds is 5. The molecule has 11 heteroatoms. The van der Waals surface area contributed by atoms with Gasteiger partial charge in [0.1, 0.15) is 11.5 Å². The Hall–Kier alpha value is -3.08. The number of carbonyl (C=O) groups is 1. The van der Waals surface area contributed by atoms with E-state index in [1.54, 1.807) is 10.9 Å². The summed E-state index contributed by atoms with van der Waals surface area (Å²) in [5.74, 6) is -0.114. The maximum atomic E-state index is 13.2. The molecule has 28 heavy (non-hydrogen) atoms. The largest absolute Gasteiger partial charge is 0.299 e. The lowest BCUT2D eigenvalue weighted by molar-refractivity contribution is -0.387. The van der Waals surface area contributed by atoms with Gasteiger partial charge in [-0.25, -0.2) is 13.1 Å². The number of nitro groups is 1. The SMILES string of the molecule is CC(C)n1cc(C=C2CC(=O)CCN2S(=O)(=O)c2ccccc2[N+](=O)[O-])nn1. The Labute approximate surface area is 161 Å². The van der Waals surface area contributed by atoms with Gasteiger partial charge in [0.05, 0.1) is 11.1 Å². The summed E-state index contributed by atoms with van der Waals surface area (Å²) in [4.78, 5) is 22.1. The van der Waals surface area contributed by atoms with E-state index in [0.717, 1.165) is 10.4 Å². The van der Waals surface area contributed by atoms with Crippen LogP contribution in [0, 0.1) is 10.1 Å². The Bertz CT molecular complexity index is 1060. The molecular formula is C17H19N5O5S. The Morgan fingerprint density at radius 2 is 2.00 bits per heavy atom. The summed E-state index contributed by atoms with van der Waals surface area (Å²) in [7, 11) is -4.22. The average Bonchev–Trinajstić information content (AvgIpc) is 3.10. The molecule has 0 spiro atoms. The van der Waals surface area contributed by atoms with Gasteiger partial charge in [0.15, 0.2) is 4.90 Å². The van der Waals surface area contributed by atoms with E-state index < -0.39 is 25.5 Å². The predicted octanol–water partition coefficient (Wildman–Crippen LogP) is 2.16. The number of nitrogens with zero attached hydrogens (tertiary/aromatic N) is 5. The molecule has 0 aliphatic carbocycles. The third-order valence-electron chi connectivity index (χ3n) is 4.29. The number of allylic oxidation sites excluding steroid dienone is 1. The van der Waals surface area contributed by atoms with E-state index in [-0.39, 0.29) is 36.9 Å². The molecule has 1 aromatic carbocycles. The molecule has 0 unspecified atom stereocenters. The van der Waals surface area contributed by atoms with Crippen molar-refractivity contribution < 1.29 is 18.1 Å². The number of ketones is 1. The molecule has 1 aromatic heterocycles.